The number of benzene rings is 2. The third-order valence-electron chi connectivity index (χ3n) is 4.21. The van der Waals surface area contributed by atoms with E-state index in [9.17, 15) is 9.59 Å². The zero-order chi connectivity index (χ0) is 20.5. The predicted octanol–water partition coefficient (Wildman–Crippen LogP) is 3.60. The van der Waals surface area contributed by atoms with Gasteiger partial charge in [0.05, 0.1) is 13.2 Å². The van der Waals surface area contributed by atoms with E-state index in [0.717, 1.165) is 23.5 Å². The molecular formula is C22H24N2O4S. The van der Waals surface area contributed by atoms with Crippen molar-refractivity contribution in [2.24, 2.45) is 0 Å². The minimum atomic E-state index is -0.287. The summed E-state index contributed by atoms with van der Waals surface area (Å²) in [6.07, 6.45) is 0.736. The molecule has 1 heterocycles. The van der Waals surface area contributed by atoms with Gasteiger partial charge in [-0.15, -0.1) is 11.8 Å². The van der Waals surface area contributed by atoms with Crippen molar-refractivity contribution in [3.63, 3.8) is 0 Å². The SMILES string of the molecule is CCOc1ccc(CCNC(=O)c2ccc(NC(=O)C3=CSCCO3)cc2)cc1. The van der Waals surface area contributed by atoms with Gasteiger partial charge in [0.1, 0.15) is 5.75 Å². The van der Waals surface area contributed by atoms with Gasteiger partial charge in [0, 0.05) is 29.0 Å². The molecule has 0 radical (unpaired) electrons. The molecule has 0 atom stereocenters. The maximum atomic E-state index is 12.3. The zero-order valence-electron chi connectivity index (χ0n) is 16.3. The Labute approximate surface area is 174 Å². The van der Waals surface area contributed by atoms with E-state index in [-0.39, 0.29) is 11.8 Å². The Hall–Kier alpha value is -2.93. The van der Waals surface area contributed by atoms with Gasteiger partial charge in [0.15, 0.2) is 5.76 Å². The summed E-state index contributed by atoms with van der Waals surface area (Å²) in [6.45, 7) is 3.66. The smallest absolute Gasteiger partial charge is 0.291 e. The first-order valence-corrected chi connectivity index (χ1v) is 10.6. The van der Waals surface area contributed by atoms with Crippen molar-refractivity contribution in [1.82, 2.24) is 5.32 Å². The minimum absolute atomic E-state index is 0.150. The van der Waals surface area contributed by atoms with Gasteiger partial charge in [-0.3, -0.25) is 9.59 Å². The van der Waals surface area contributed by atoms with Gasteiger partial charge in [0.25, 0.3) is 11.8 Å². The predicted molar refractivity (Wildman–Crippen MR) is 115 cm³/mol. The second kappa shape index (κ2) is 10.6. The van der Waals surface area contributed by atoms with Crippen molar-refractivity contribution >= 4 is 29.3 Å². The Morgan fingerprint density at radius 3 is 2.48 bits per heavy atom. The van der Waals surface area contributed by atoms with Crippen LogP contribution in [0.25, 0.3) is 0 Å². The van der Waals surface area contributed by atoms with Crippen LogP contribution in [0.3, 0.4) is 0 Å². The van der Waals surface area contributed by atoms with Crippen LogP contribution in [0.2, 0.25) is 0 Å². The molecule has 0 saturated carbocycles. The van der Waals surface area contributed by atoms with E-state index in [0.29, 0.717) is 36.8 Å². The maximum absolute atomic E-state index is 12.3. The number of thioether (sulfide) groups is 1. The van der Waals surface area contributed by atoms with E-state index in [2.05, 4.69) is 10.6 Å². The number of carbonyl (C=O) groups is 2. The Kier molecular flexibility index (Phi) is 7.58. The van der Waals surface area contributed by atoms with Crippen molar-refractivity contribution in [3.05, 3.63) is 70.8 Å². The minimum Gasteiger partial charge on any atom is -0.494 e. The summed E-state index contributed by atoms with van der Waals surface area (Å²) in [7, 11) is 0. The van der Waals surface area contributed by atoms with E-state index in [1.807, 2.05) is 31.2 Å². The van der Waals surface area contributed by atoms with Crippen LogP contribution >= 0.6 is 11.8 Å². The summed E-state index contributed by atoms with van der Waals surface area (Å²) < 4.78 is 10.8. The highest BCUT2D eigenvalue weighted by Gasteiger charge is 2.14. The van der Waals surface area contributed by atoms with E-state index >= 15 is 0 Å². The topological polar surface area (TPSA) is 76.7 Å². The molecule has 0 spiro atoms. The normalized spacial score (nSPS) is 13.1. The summed E-state index contributed by atoms with van der Waals surface area (Å²) in [5.74, 6) is 1.57. The number of rotatable bonds is 8. The quantitative estimate of drug-likeness (QED) is 0.693. The first-order chi connectivity index (χ1) is 14.2. The highest BCUT2D eigenvalue weighted by Crippen LogP contribution is 2.17. The van der Waals surface area contributed by atoms with Crippen LogP contribution < -0.4 is 15.4 Å². The fourth-order valence-electron chi connectivity index (χ4n) is 2.73. The fraction of sp³-hybridized carbons (Fsp3) is 0.273. The van der Waals surface area contributed by atoms with Crippen LogP contribution in [-0.4, -0.2) is 37.3 Å². The molecule has 0 bridgehead atoms. The number of carbonyl (C=O) groups excluding carboxylic acids is 2. The van der Waals surface area contributed by atoms with Crippen LogP contribution in [0.4, 0.5) is 5.69 Å². The number of hydrogen-bond donors (Lipinski definition) is 2. The van der Waals surface area contributed by atoms with E-state index < -0.39 is 0 Å². The maximum Gasteiger partial charge on any atom is 0.291 e. The highest BCUT2D eigenvalue weighted by molar-refractivity contribution is 8.02. The zero-order valence-corrected chi connectivity index (χ0v) is 17.1. The first-order valence-electron chi connectivity index (χ1n) is 9.51. The van der Waals surface area contributed by atoms with Crippen molar-refractivity contribution in [2.75, 3.05) is 30.8 Å². The lowest BCUT2D eigenvalue weighted by atomic mass is 10.1. The van der Waals surface area contributed by atoms with Gasteiger partial charge in [-0.25, -0.2) is 0 Å². The van der Waals surface area contributed by atoms with Gasteiger partial charge in [-0.2, -0.15) is 0 Å². The lowest BCUT2D eigenvalue weighted by Gasteiger charge is -2.14. The molecule has 6 nitrogen and oxygen atoms in total. The summed E-state index contributed by atoms with van der Waals surface area (Å²) in [4.78, 5) is 24.4. The van der Waals surface area contributed by atoms with Gasteiger partial charge in [-0.1, -0.05) is 12.1 Å². The Morgan fingerprint density at radius 1 is 1.07 bits per heavy atom. The van der Waals surface area contributed by atoms with Gasteiger partial charge in [0.2, 0.25) is 0 Å². The molecular weight excluding hydrogens is 388 g/mol. The molecule has 1 aliphatic rings. The van der Waals surface area contributed by atoms with Crippen molar-refractivity contribution in [2.45, 2.75) is 13.3 Å². The molecule has 1 aliphatic heterocycles. The second-order valence-corrected chi connectivity index (χ2v) is 7.29. The lowest BCUT2D eigenvalue weighted by Crippen LogP contribution is -2.25. The molecule has 0 saturated heterocycles. The molecule has 3 rings (SSSR count). The molecule has 152 valence electrons. The number of amides is 2. The fourth-order valence-corrected chi connectivity index (χ4v) is 3.35. The summed E-state index contributed by atoms with van der Waals surface area (Å²) in [5.41, 5.74) is 2.28. The van der Waals surface area contributed by atoms with E-state index in [1.54, 1.807) is 41.4 Å². The summed E-state index contributed by atoms with van der Waals surface area (Å²) in [6, 6.07) is 14.6. The number of anilines is 1. The Morgan fingerprint density at radius 2 is 1.83 bits per heavy atom. The van der Waals surface area contributed by atoms with Gasteiger partial charge in [-0.05, 0) is 55.3 Å². The number of hydrogen-bond acceptors (Lipinski definition) is 5. The van der Waals surface area contributed by atoms with Crippen LogP contribution in [0.5, 0.6) is 5.75 Å². The van der Waals surface area contributed by atoms with Crippen molar-refractivity contribution in [1.29, 1.82) is 0 Å². The molecule has 29 heavy (non-hydrogen) atoms. The monoisotopic (exact) mass is 412 g/mol. The molecule has 0 fully saturated rings. The third kappa shape index (κ3) is 6.29. The summed E-state index contributed by atoms with van der Waals surface area (Å²) in [5, 5.41) is 7.39. The molecule has 2 N–H and O–H groups in total. The average molecular weight is 413 g/mol. The van der Waals surface area contributed by atoms with Gasteiger partial charge >= 0.3 is 0 Å². The largest absolute Gasteiger partial charge is 0.494 e. The average Bonchev–Trinajstić information content (AvgIpc) is 2.76. The standard InChI is InChI=1S/C22H24N2O4S/c1-2-27-19-9-3-16(4-10-19)11-12-23-21(25)17-5-7-18(8-6-17)24-22(26)20-15-29-14-13-28-20/h3-10,15H,2,11-14H2,1H3,(H,23,25)(H,24,26). The van der Waals surface area contributed by atoms with Gasteiger partial charge < -0.3 is 20.1 Å². The molecule has 0 aromatic heterocycles. The Balaban J connectivity index is 1.46. The van der Waals surface area contributed by atoms with Crippen LogP contribution in [0, 0.1) is 0 Å². The molecule has 2 aromatic carbocycles. The molecule has 2 amide bonds. The summed E-state index contributed by atoms with van der Waals surface area (Å²) >= 11 is 1.55. The third-order valence-corrected chi connectivity index (χ3v) is 4.99. The molecule has 7 heteroatoms. The van der Waals surface area contributed by atoms with Crippen LogP contribution in [-0.2, 0) is 16.0 Å². The van der Waals surface area contributed by atoms with E-state index in [4.69, 9.17) is 9.47 Å². The molecule has 0 aliphatic carbocycles. The first kappa shape index (κ1) is 20.8. The Bertz CT molecular complexity index is 863. The number of ether oxygens (including phenoxy) is 2. The van der Waals surface area contributed by atoms with Crippen molar-refractivity contribution in [3.8, 4) is 5.75 Å². The van der Waals surface area contributed by atoms with Crippen LogP contribution in [0.15, 0.2) is 59.7 Å². The van der Waals surface area contributed by atoms with Crippen molar-refractivity contribution < 1.29 is 19.1 Å². The second-order valence-electron chi connectivity index (χ2n) is 6.32. The van der Waals surface area contributed by atoms with E-state index in [1.165, 1.54) is 0 Å². The molecule has 2 aromatic rings. The highest BCUT2D eigenvalue weighted by atomic mass is 32.2. The molecule has 0 unspecified atom stereocenters. The number of nitrogens with one attached hydrogen (secondary N) is 2. The van der Waals surface area contributed by atoms with Crippen LogP contribution in [0.1, 0.15) is 22.8 Å². The lowest BCUT2D eigenvalue weighted by molar-refractivity contribution is -0.116.